The lowest BCUT2D eigenvalue weighted by atomic mass is 10.2. The van der Waals surface area contributed by atoms with E-state index < -0.39 is 11.9 Å². The summed E-state index contributed by atoms with van der Waals surface area (Å²) in [5, 5.41) is 6.27. The molecule has 2 aromatic rings. The van der Waals surface area contributed by atoms with Gasteiger partial charge in [0.25, 0.3) is 0 Å². The van der Waals surface area contributed by atoms with Crippen LogP contribution in [0, 0.1) is 6.92 Å². The number of alkyl halides is 3. The summed E-state index contributed by atoms with van der Waals surface area (Å²) >= 11 is 0. The Balaban J connectivity index is 2.82. The van der Waals surface area contributed by atoms with Crippen LogP contribution < -0.4 is 0 Å². The molecule has 0 fully saturated rings. The molecule has 3 nitrogen and oxygen atoms in total. The van der Waals surface area contributed by atoms with E-state index in [0.717, 1.165) is 6.20 Å². The van der Waals surface area contributed by atoms with Crippen LogP contribution in [0.1, 0.15) is 11.4 Å². The largest absolute Gasteiger partial charge is 0.434 e. The van der Waals surface area contributed by atoms with E-state index in [1.807, 2.05) is 0 Å². The minimum Gasteiger partial charge on any atom is -0.282 e. The molecule has 0 saturated carbocycles. The molecule has 2 heterocycles. The molecule has 2 aromatic heterocycles. The van der Waals surface area contributed by atoms with Crippen molar-refractivity contribution in [1.82, 2.24) is 15.2 Å². The van der Waals surface area contributed by atoms with Gasteiger partial charge >= 0.3 is 6.18 Å². The fourth-order valence-electron chi connectivity index (χ4n) is 1.33. The maximum Gasteiger partial charge on any atom is 0.434 e. The first-order valence-corrected chi connectivity index (χ1v) is 3.87. The molecule has 0 aromatic carbocycles. The van der Waals surface area contributed by atoms with Crippen molar-refractivity contribution in [3.05, 3.63) is 23.7 Å². The van der Waals surface area contributed by atoms with E-state index in [2.05, 4.69) is 15.2 Å². The lowest BCUT2D eigenvalue weighted by Crippen LogP contribution is -2.08. The van der Waals surface area contributed by atoms with Crippen LogP contribution >= 0.6 is 0 Å². The highest BCUT2D eigenvalue weighted by Crippen LogP contribution is 2.33. The number of pyridine rings is 1. The van der Waals surface area contributed by atoms with Crippen molar-refractivity contribution < 1.29 is 13.2 Å². The third kappa shape index (κ3) is 1.23. The minimum atomic E-state index is -4.44. The Labute approximate surface area is 77.0 Å². The van der Waals surface area contributed by atoms with Gasteiger partial charge in [-0.15, -0.1) is 0 Å². The zero-order valence-electron chi connectivity index (χ0n) is 7.18. The molecule has 0 bridgehead atoms. The van der Waals surface area contributed by atoms with Gasteiger partial charge in [0.15, 0.2) is 5.69 Å². The highest BCUT2D eigenvalue weighted by molar-refractivity contribution is 5.83. The van der Waals surface area contributed by atoms with E-state index in [4.69, 9.17) is 0 Å². The first kappa shape index (κ1) is 8.98. The van der Waals surface area contributed by atoms with E-state index >= 15 is 0 Å². The van der Waals surface area contributed by atoms with Crippen LogP contribution in [-0.2, 0) is 6.18 Å². The summed E-state index contributed by atoms with van der Waals surface area (Å²) in [6.07, 6.45) is -3.33. The van der Waals surface area contributed by atoms with Gasteiger partial charge < -0.3 is 0 Å². The maximum atomic E-state index is 12.5. The molecular formula is C8H6F3N3. The van der Waals surface area contributed by atoms with Crippen molar-refractivity contribution >= 4 is 10.9 Å². The topological polar surface area (TPSA) is 41.6 Å². The Morgan fingerprint density at radius 3 is 2.71 bits per heavy atom. The van der Waals surface area contributed by atoms with Crippen LogP contribution in [0.25, 0.3) is 10.9 Å². The predicted molar refractivity (Wildman–Crippen MR) is 43.6 cm³/mol. The number of hydrogen-bond acceptors (Lipinski definition) is 2. The number of aryl methyl sites for hydroxylation is 1. The van der Waals surface area contributed by atoms with E-state index in [9.17, 15) is 13.2 Å². The number of fused-ring (bicyclic) bond motifs is 1. The number of aromatic amines is 1. The molecule has 6 heteroatoms. The molecule has 0 saturated heterocycles. The molecule has 2 rings (SSSR count). The van der Waals surface area contributed by atoms with Gasteiger partial charge in [0.2, 0.25) is 0 Å². The van der Waals surface area contributed by atoms with E-state index in [-0.39, 0.29) is 10.9 Å². The van der Waals surface area contributed by atoms with Crippen LogP contribution in [0.2, 0.25) is 0 Å². The Kier molecular flexibility index (Phi) is 1.73. The highest BCUT2D eigenvalue weighted by Gasteiger charge is 2.35. The molecule has 14 heavy (non-hydrogen) atoms. The van der Waals surface area contributed by atoms with E-state index in [1.54, 1.807) is 0 Å². The number of nitrogens with zero attached hydrogens (tertiary/aromatic N) is 2. The van der Waals surface area contributed by atoms with E-state index in [1.165, 1.54) is 13.0 Å². The van der Waals surface area contributed by atoms with Crippen LogP contribution in [-0.4, -0.2) is 15.2 Å². The zero-order valence-corrected chi connectivity index (χ0v) is 7.18. The molecule has 1 N–H and O–H groups in total. The Morgan fingerprint density at radius 1 is 1.36 bits per heavy atom. The fourth-order valence-corrected chi connectivity index (χ4v) is 1.33. The fraction of sp³-hybridized carbons (Fsp3) is 0.250. The minimum absolute atomic E-state index is 0.0417. The normalized spacial score (nSPS) is 12.3. The second kappa shape index (κ2) is 2.70. The third-order valence-electron chi connectivity index (χ3n) is 1.92. The van der Waals surface area contributed by atoms with Crippen molar-refractivity contribution in [2.45, 2.75) is 13.1 Å². The summed E-state index contributed by atoms with van der Waals surface area (Å²) in [6.45, 7) is 1.53. The highest BCUT2D eigenvalue weighted by atomic mass is 19.4. The third-order valence-corrected chi connectivity index (χ3v) is 1.92. The summed E-state index contributed by atoms with van der Waals surface area (Å²) in [5.41, 5.74) is -0.230. The monoisotopic (exact) mass is 201 g/mol. The Bertz CT molecular complexity index is 472. The molecule has 0 spiro atoms. The van der Waals surface area contributed by atoms with Gasteiger partial charge in [-0.1, -0.05) is 0 Å². The molecular weight excluding hydrogens is 195 g/mol. The van der Waals surface area contributed by atoms with Crippen LogP contribution in [0.3, 0.4) is 0 Å². The maximum absolute atomic E-state index is 12.5. The average Bonchev–Trinajstić information content (AvgIpc) is 2.46. The molecule has 74 valence electrons. The van der Waals surface area contributed by atoms with Gasteiger partial charge in [-0.2, -0.15) is 18.3 Å². The van der Waals surface area contributed by atoms with Crippen LogP contribution in [0.4, 0.5) is 13.2 Å². The molecule has 0 unspecified atom stereocenters. The molecule has 0 amide bonds. The lowest BCUT2D eigenvalue weighted by molar-refractivity contribution is -0.139. The van der Waals surface area contributed by atoms with Gasteiger partial charge in [-0.05, 0) is 13.0 Å². The Morgan fingerprint density at radius 2 is 2.07 bits per heavy atom. The average molecular weight is 201 g/mol. The molecule has 0 atom stereocenters. The molecule has 0 aliphatic carbocycles. The van der Waals surface area contributed by atoms with Crippen molar-refractivity contribution in [2.24, 2.45) is 0 Å². The van der Waals surface area contributed by atoms with Crippen molar-refractivity contribution in [3.8, 4) is 0 Å². The number of aromatic nitrogens is 3. The summed E-state index contributed by atoms with van der Waals surface area (Å²) in [4.78, 5) is 3.33. The first-order valence-electron chi connectivity index (χ1n) is 3.87. The standard InChI is InChI=1S/C8H6F3N3/c1-4-6-5(14-13-4)2-3-12-7(6)8(9,10)11/h2-3H,1H3,(H,13,14). The molecule has 0 aliphatic rings. The quantitative estimate of drug-likeness (QED) is 0.710. The summed E-state index contributed by atoms with van der Waals surface area (Å²) in [6, 6.07) is 1.44. The van der Waals surface area contributed by atoms with Crippen molar-refractivity contribution in [1.29, 1.82) is 0 Å². The van der Waals surface area contributed by atoms with Gasteiger partial charge in [0.1, 0.15) is 0 Å². The SMILES string of the molecule is Cc1[nH]nc2ccnc(C(F)(F)F)c12. The first-order chi connectivity index (χ1) is 6.50. The second-order valence-corrected chi connectivity index (χ2v) is 2.90. The summed E-state index contributed by atoms with van der Waals surface area (Å²) in [7, 11) is 0. The summed E-state index contributed by atoms with van der Waals surface area (Å²) < 4.78 is 37.4. The number of rotatable bonds is 0. The van der Waals surface area contributed by atoms with Crippen molar-refractivity contribution in [3.63, 3.8) is 0 Å². The van der Waals surface area contributed by atoms with Crippen LogP contribution in [0.5, 0.6) is 0 Å². The number of hydrogen-bond donors (Lipinski definition) is 1. The Hall–Kier alpha value is -1.59. The van der Waals surface area contributed by atoms with E-state index in [0.29, 0.717) is 5.69 Å². The predicted octanol–water partition coefficient (Wildman–Crippen LogP) is 2.29. The van der Waals surface area contributed by atoms with Gasteiger partial charge in [-0.25, -0.2) is 0 Å². The van der Waals surface area contributed by atoms with Gasteiger partial charge in [0, 0.05) is 11.9 Å². The molecule has 0 radical (unpaired) electrons. The second-order valence-electron chi connectivity index (χ2n) is 2.90. The number of halogens is 3. The lowest BCUT2D eigenvalue weighted by Gasteiger charge is -2.06. The van der Waals surface area contributed by atoms with Crippen molar-refractivity contribution in [2.75, 3.05) is 0 Å². The smallest absolute Gasteiger partial charge is 0.282 e. The van der Waals surface area contributed by atoms with Gasteiger partial charge in [0.05, 0.1) is 10.9 Å². The number of H-pyrrole nitrogens is 1. The number of nitrogens with one attached hydrogen (secondary N) is 1. The van der Waals surface area contributed by atoms with Crippen LogP contribution in [0.15, 0.2) is 12.3 Å². The zero-order chi connectivity index (χ0) is 10.3. The molecule has 0 aliphatic heterocycles. The summed E-state index contributed by atoms with van der Waals surface area (Å²) in [5.74, 6) is 0. The van der Waals surface area contributed by atoms with Gasteiger partial charge in [-0.3, -0.25) is 10.1 Å².